The summed E-state index contributed by atoms with van der Waals surface area (Å²) in [4.78, 5) is 3.55. The smallest absolute Gasteiger partial charge is 0.260 e. The van der Waals surface area contributed by atoms with Gasteiger partial charge in [0.05, 0.1) is 0 Å². The molecule has 0 bridgehead atoms. The number of aromatic nitrogens is 2. The van der Waals surface area contributed by atoms with Gasteiger partial charge in [0.2, 0.25) is 5.13 Å². The molecule has 0 aromatic carbocycles. The van der Waals surface area contributed by atoms with Gasteiger partial charge in [-0.15, -0.1) is 4.37 Å². The molecule has 0 radical (unpaired) electrons. The topological polar surface area (TPSA) is 84.1 Å². The SMILES string of the molecule is Nc1nc(NO)ns1. The number of hydrogen-bond donors (Lipinski definition) is 3. The largest absolute Gasteiger partial charge is 0.374 e. The summed E-state index contributed by atoms with van der Waals surface area (Å²) in [5.41, 5.74) is 6.90. The van der Waals surface area contributed by atoms with Crippen molar-refractivity contribution in [1.82, 2.24) is 9.36 Å². The molecule has 1 aromatic heterocycles. The van der Waals surface area contributed by atoms with Crippen molar-refractivity contribution in [1.29, 1.82) is 0 Å². The Morgan fingerprint density at radius 3 is 2.75 bits per heavy atom. The Balaban J connectivity index is 2.84. The van der Waals surface area contributed by atoms with E-state index in [9.17, 15) is 0 Å². The third-order valence-corrected chi connectivity index (χ3v) is 1.08. The summed E-state index contributed by atoms with van der Waals surface area (Å²) in [6.07, 6.45) is 0. The Morgan fingerprint density at radius 1 is 1.75 bits per heavy atom. The van der Waals surface area contributed by atoms with E-state index in [1.165, 1.54) is 0 Å². The van der Waals surface area contributed by atoms with Crippen molar-refractivity contribution >= 4 is 22.6 Å². The molecule has 0 aliphatic carbocycles. The molecule has 0 saturated carbocycles. The average molecular weight is 132 g/mol. The molecule has 0 spiro atoms. The van der Waals surface area contributed by atoms with Crippen molar-refractivity contribution in [3.63, 3.8) is 0 Å². The molecule has 0 saturated heterocycles. The lowest BCUT2D eigenvalue weighted by Crippen LogP contribution is -1.90. The van der Waals surface area contributed by atoms with Crippen LogP contribution >= 0.6 is 11.5 Å². The Bertz CT molecular complexity index is 174. The van der Waals surface area contributed by atoms with Crippen LogP contribution in [0, 0.1) is 0 Å². The minimum atomic E-state index is 0.146. The van der Waals surface area contributed by atoms with Crippen LogP contribution in [0.25, 0.3) is 0 Å². The zero-order valence-corrected chi connectivity index (χ0v) is 4.64. The lowest BCUT2D eigenvalue weighted by molar-refractivity contribution is 0.384. The van der Waals surface area contributed by atoms with E-state index in [4.69, 9.17) is 10.9 Å². The van der Waals surface area contributed by atoms with Crippen LogP contribution in [0.4, 0.5) is 11.1 Å². The van der Waals surface area contributed by atoms with Crippen molar-refractivity contribution in [3.05, 3.63) is 0 Å². The van der Waals surface area contributed by atoms with Crippen LogP contribution in [0.3, 0.4) is 0 Å². The van der Waals surface area contributed by atoms with Crippen LogP contribution in [-0.2, 0) is 0 Å². The van der Waals surface area contributed by atoms with Crippen LogP contribution in [0.1, 0.15) is 0 Å². The molecular weight excluding hydrogens is 128 g/mol. The maximum Gasteiger partial charge on any atom is 0.260 e. The molecule has 0 atom stereocenters. The van der Waals surface area contributed by atoms with Gasteiger partial charge in [0, 0.05) is 11.5 Å². The van der Waals surface area contributed by atoms with Gasteiger partial charge in [-0.2, -0.15) is 4.98 Å². The summed E-state index contributed by atoms with van der Waals surface area (Å²) in [6.45, 7) is 0. The lowest BCUT2D eigenvalue weighted by atomic mass is 11.1. The zero-order chi connectivity index (χ0) is 5.98. The van der Waals surface area contributed by atoms with E-state index in [0.717, 1.165) is 11.5 Å². The molecule has 1 aromatic rings. The quantitative estimate of drug-likeness (QED) is 0.465. The van der Waals surface area contributed by atoms with E-state index in [0.29, 0.717) is 5.13 Å². The molecule has 0 unspecified atom stereocenters. The molecular formula is C2H4N4OS. The van der Waals surface area contributed by atoms with Crippen LogP contribution in [0.2, 0.25) is 0 Å². The first-order valence-electron chi connectivity index (χ1n) is 1.82. The van der Waals surface area contributed by atoms with E-state index in [1.807, 2.05) is 0 Å². The van der Waals surface area contributed by atoms with Gasteiger partial charge in [-0.1, -0.05) is 0 Å². The summed E-state index contributed by atoms with van der Waals surface area (Å²) < 4.78 is 3.58. The number of nitrogens with two attached hydrogens (primary N) is 1. The molecule has 1 heterocycles. The Labute approximate surface area is 49.3 Å². The highest BCUT2D eigenvalue weighted by Gasteiger charge is 1.94. The van der Waals surface area contributed by atoms with Crippen molar-refractivity contribution in [2.75, 3.05) is 11.2 Å². The third-order valence-electron chi connectivity index (χ3n) is 0.542. The Kier molecular flexibility index (Phi) is 1.27. The second kappa shape index (κ2) is 1.93. The number of nitrogens with one attached hydrogen (secondary N) is 1. The van der Waals surface area contributed by atoms with Crippen LogP contribution in [-0.4, -0.2) is 14.6 Å². The monoisotopic (exact) mass is 132 g/mol. The Hall–Kier alpha value is -0.880. The third kappa shape index (κ3) is 0.849. The van der Waals surface area contributed by atoms with E-state index in [-0.39, 0.29) is 5.95 Å². The number of rotatable bonds is 1. The maximum atomic E-state index is 8.13. The summed E-state index contributed by atoms with van der Waals surface area (Å²) >= 11 is 1.02. The normalized spacial score (nSPS) is 9.12. The molecule has 0 aliphatic rings. The van der Waals surface area contributed by atoms with E-state index < -0.39 is 0 Å². The highest BCUT2D eigenvalue weighted by Crippen LogP contribution is 2.07. The predicted octanol–water partition coefficient (Wildman–Crippen LogP) is -0.0786. The van der Waals surface area contributed by atoms with Gasteiger partial charge >= 0.3 is 0 Å². The van der Waals surface area contributed by atoms with E-state index in [1.54, 1.807) is 5.48 Å². The van der Waals surface area contributed by atoms with Crippen LogP contribution in [0.15, 0.2) is 0 Å². The molecule has 1 rings (SSSR count). The molecule has 44 valence electrons. The molecule has 6 heteroatoms. The minimum absolute atomic E-state index is 0.146. The van der Waals surface area contributed by atoms with Crippen molar-refractivity contribution in [2.45, 2.75) is 0 Å². The maximum absolute atomic E-state index is 8.13. The fourth-order valence-corrected chi connectivity index (χ4v) is 0.670. The van der Waals surface area contributed by atoms with Crippen LogP contribution < -0.4 is 11.2 Å². The number of nitrogen functional groups attached to an aromatic ring is 1. The molecule has 0 aliphatic heterocycles. The van der Waals surface area contributed by atoms with Gasteiger partial charge in [-0.25, -0.2) is 5.48 Å². The Morgan fingerprint density at radius 2 is 2.50 bits per heavy atom. The first-order valence-corrected chi connectivity index (χ1v) is 2.59. The second-order valence-electron chi connectivity index (χ2n) is 1.07. The van der Waals surface area contributed by atoms with Gasteiger partial charge in [-0.3, -0.25) is 5.21 Å². The van der Waals surface area contributed by atoms with E-state index >= 15 is 0 Å². The first-order chi connectivity index (χ1) is 3.83. The summed E-state index contributed by atoms with van der Waals surface area (Å²) in [6, 6.07) is 0. The standard InChI is InChI=1S/C2H4N4OS/c3-1-4-2(5-7)6-8-1/h7H,(H3,3,4,5,6). The van der Waals surface area contributed by atoms with Crippen molar-refractivity contribution < 1.29 is 5.21 Å². The highest BCUT2D eigenvalue weighted by atomic mass is 32.1. The summed E-state index contributed by atoms with van der Waals surface area (Å²) in [5.74, 6) is 0.146. The molecule has 4 N–H and O–H groups in total. The van der Waals surface area contributed by atoms with Gasteiger partial charge in [0.1, 0.15) is 0 Å². The fraction of sp³-hybridized carbons (Fsp3) is 0. The molecule has 8 heavy (non-hydrogen) atoms. The average Bonchev–Trinajstić information content (AvgIpc) is 2.14. The molecule has 0 amide bonds. The highest BCUT2D eigenvalue weighted by molar-refractivity contribution is 7.09. The van der Waals surface area contributed by atoms with Gasteiger partial charge in [0.25, 0.3) is 5.95 Å². The van der Waals surface area contributed by atoms with Gasteiger partial charge in [-0.05, 0) is 0 Å². The van der Waals surface area contributed by atoms with Gasteiger partial charge < -0.3 is 5.73 Å². The first kappa shape index (κ1) is 5.26. The predicted molar refractivity (Wildman–Crippen MR) is 29.7 cm³/mol. The zero-order valence-electron chi connectivity index (χ0n) is 3.83. The molecule has 5 nitrogen and oxygen atoms in total. The summed E-state index contributed by atoms with van der Waals surface area (Å²) in [5, 5.41) is 8.46. The number of nitrogens with zero attached hydrogens (tertiary/aromatic N) is 2. The lowest BCUT2D eigenvalue weighted by Gasteiger charge is -1.81. The number of hydrogen-bond acceptors (Lipinski definition) is 6. The van der Waals surface area contributed by atoms with Crippen LogP contribution in [0.5, 0.6) is 0 Å². The van der Waals surface area contributed by atoms with Gasteiger partial charge in [0.15, 0.2) is 0 Å². The molecule has 0 fully saturated rings. The fourth-order valence-electron chi connectivity index (χ4n) is 0.281. The van der Waals surface area contributed by atoms with E-state index in [2.05, 4.69) is 9.36 Å². The second-order valence-corrected chi connectivity index (χ2v) is 1.85. The summed E-state index contributed by atoms with van der Waals surface area (Å²) in [7, 11) is 0. The van der Waals surface area contributed by atoms with Crippen molar-refractivity contribution in [3.8, 4) is 0 Å². The number of anilines is 2. The minimum Gasteiger partial charge on any atom is -0.374 e. The van der Waals surface area contributed by atoms with Crippen molar-refractivity contribution in [2.24, 2.45) is 0 Å².